The highest BCUT2D eigenvalue weighted by Crippen LogP contribution is 2.16. The predicted octanol–water partition coefficient (Wildman–Crippen LogP) is 2.18. The molecule has 0 aromatic heterocycles. The molecule has 86 valence electrons. The van der Waals surface area contributed by atoms with Gasteiger partial charge in [0.25, 0.3) is 0 Å². The molecular weight excluding hydrogens is 194 g/mol. The van der Waals surface area contributed by atoms with E-state index in [0.29, 0.717) is 25.5 Å². The van der Waals surface area contributed by atoms with Crippen LogP contribution >= 0.6 is 0 Å². The van der Waals surface area contributed by atoms with Crippen molar-refractivity contribution >= 4 is 12.0 Å². The van der Waals surface area contributed by atoms with Crippen LogP contribution in [0.4, 0.5) is 4.79 Å². The largest absolute Gasteiger partial charge is 0.447 e. The summed E-state index contributed by atoms with van der Waals surface area (Å²) in [7, 11) is 0. The molecule has 4 nitrogen and oxygen atoms in total. The van der Waals surface area contributed by atoms with Crippen LogP contribution in [0.3, 0.4) is 0 Å². The number of carbonyl (C=O) groups is 2. The topological polar surface area (TPSA) is 46.6 Å². The molecule has 0 aliphatic carbocycles. The lowest BCUT2D eigenvalue weighted by molar-refractivity contribution is -0.128. The fraction of sp³-hybridized carbons (Fsp3) is 0.818. The normalized spacial score (nSPS) is 15.9. The Morgan fingerprint density at radius 1 is 1.47 bits per heavy atom. The Morgan fingerprint density at radius 3 is 2.60 bits per heavy atom. The molecular formula is C11H19NO3. The minimum absolute atomic E-state index is 0.0931. The molecule has 1 fully saturated rings. The van der Waals surface area contributed by atoms with Crippen molar-refractivity contribution in [1.82, 2.24) is 4.90 Å². The summed E-state index contributed by atoms with van der Waals surface area (Å²) in [5, 5.41) is 0. The van der Waals surface area contributed by atoms with Gasteiger partial charge in [0.2, 0.25) is 5.91 Å². The zero-order valence-corrected chi connectivity index (χ0v) is 9.49. The Labute approximate surface area is 90.6 Å². The molecule has 2 amide bonds. The van der Waals surface area contributed by atoms with Crippen LogP contribution in [0.25, 0.3) is 0 Å². The molecule has 0 unspecified atom stereocenters. The molecule has 1 rings (SSSR count). The van der Waals surface area contributed by atoms with Gasteiger partial charge in [0, 0.05) is 6.42 Å². The molecule has 0 aromatic rings. The van der Waals surface area contributed by atoms with Crippen molar-refractivity contribution in [2.75, 3.05) is 13.2 Å². The maximum absolute atomic E-state index is 11.6. The molecule has 0 N–H and O–H groups in total. The number of imide groups is 1. The molecule has 0 radical (unpaired) electrons. The number of carbonyl (C=O) groups excluding carboxylic acids is 2. The average molecular weight is 213 g/mol. The summed E-state index contributed by atoms with van der Waals surface area (Å²) in [5.74, 6) is 0.497. The zero-order chi connectivity index (χ0) is 11.3. The molecule has 0 saturated carbocycles. The summed E-state index contributed by atoms with van der Waals surface area (Å²) in [4.78, 5) is 23.9. The minimum Gasteiger partial charge on any atom is -0.447 e. The van der Waals surface area contributed by atoms with Gasteiger partial charge in [-0.25, -0.2) is 9.69 Å². The Hall–Kier alpha value is -1.06. The van der Waals surface area contributed by atoms with Crippen molar-refractivity contribution in [3.63, 3.8) is 0 Å². The van der Waals surface area contributed by atoms with Crippen LogP contribution in [-0.4, -0.2) is 30.1 Å². The van der Waals surface area contributed by atoms with Crippen LogP contribution in [0.5, 0.6) is 0 Å². The van der Waals surface area contributed by atoms with Crippen LogP contribution in [0, 0.1) is 5.92 Å². The third kappa shape index (κ3) is 3.22. The summed E-state index contributed by atoms with van der Waals surface area (Å²) in [5.41, 5.74) is 0. The van der Waals surface area contributed by atoms with Crippen molar-refractivity contribution in [3.8, 4) is 0 Å². The maximum Gasteiger partial charge on any atom is 0.416 e. The average Bonchev–Trinajstić information content (AvgIpc) is 2.66. The van der Waals surface area contributed by atoms with Crippen molar-refractivity contribution < 1.29 is 14.3 Å². The van der Waals surface area contributed by atoms with Crippen molar-refractivity contribution in [1.29, 1.82) is 0 Å². The number of hydrogen-bond acceptors (Lipinski definition) is 3. The van der Waals surface area contributed by atoms with Crippen molar-refractivity contribution in [2.45, 2.75) is 39.5 Å². The lowest BCUT2D eigenvalue weighted by Crippen LogP contribution is -2.31. The van der Waals surface area contributed by atoms with E-state index in [4.69, 9.17) is 4.74 Å². The Kier molecular flexibility index (Phi) is 4.59. The zero-order valence-electron chi connectivity index (χ0n) is 9.49. The first-order valence-electron chi connectivity index (χ1n) is 5.66. The number of amides is 2. The van der Waals surface area contributed by atoms with Gasteiger partial charge in [-0.05, 0) is 12.3 Å². The van der Waals surface area contributed by atoms with Crippen LogP contribution in [-0.2, 0) is 9.53 Å². The van der Waals surface area contributed by atoms with E-state index in [1.54, 1.807) is 0 Å². The highest BCUT2D eigenvalue weighted by atomic mass is 16.6. The van der Waals surface area contributed by atoms with E-state index < -0.39 is 6.09 Å². The lowest BCUT2D eigenvalue weighted by atomic mass is 9.97. The number of rotatable bonds is 5. The van der Waals surface area contributed by atoms with Gasteiger partial charge in [-0.2, -0.15) is 0 Å². The third-order valence-corrected chi connectivity index (χ3v) is 2.98. The first kappa shape index (κ1) is 12.0. The Morgan fingerprint density at radius 2 is 2.13 bits per heavy atom. The second-order valence-electron chi connectivity index (χ2n) is 3.88. The number of nitrogens with zero attached hydrogens (tertiary/aromatic N) is 1. The fourth-order valence-corrected chi connectivity index (χ4v) is 1.78. The lowest BCUT2D eigenvalue weighted by Gasteiger charge is -2.14. The van der Waals surface area contributed by atoms with E-state index >= 15 is 0 Å². The minimum atomic E-state index is -0.482. The van der Waals surface area contributed by atoms with Crippen LogP contribution in [0.15, 0.2) is 0 Å². The molecule has 1 heterocycles. The summed E-state index contributed by atoms with van der Waals surface area (Å²) >= 11 is 0. The van der Waals surface area contributed by atoms with Crippen LogP contribution < -0.4 is 0 Å². The Bertz CT molecular complexity index is 236. The second kappa shape index (κ2) is 5.73. The molecule has 0 atom stereocenters. The highest BCUT2D eigenvalue weighted by Gasteiger charge is 2.27. The predicted molar refractivity (Wildman–Crippen MR) is 56.4 cm³/mol. The first-order chi connectivity index (χ1) is 7.19. The fourth-order valence-electron chi connectivity index (χ4n) is 1.78. The number of cyclic esters (lactones) is 1. The van der Waals surface area contributed by atoms with Gasteiger partial charge in [-0.3, -0.25) is 4.79 Å². The summed E-state index contributed by atoms with van der Waals surface area (Å²) in [6.45, 7) is 5.02. The van der Waals surface area contributed by atoms with E-state index in [-0.39, 0.29) is 5.91 Å². The van der Waals surface area contributed by atoms with Gasteiger partial charge in [0.05, 0.1) is 6.54 Å². The van der Waals surface area contributed by atoms with Gasteiger partial charge >= 0.3 is 6.09 Å². The van der Waals surface area contributed by atoms with Crippen molar-refractivity contribution in [2.24, 2.45) is 5.92 Å². The first-order valence-corrected chi connectivity index (χ1v) is 5.66. The molecule has 0 spiro atoms. The molecule has 4 heteroatoms. The van der Waals surface area contributed by atoms with Gasteiger partial charge < -0.3 is 4.74 Å². The van der Waals surface area contributed by atoms with E-state index in [9.17, 15) is 9.59 Å². The quantitative estimate of drug-likeness (QED) is 0.703. The maximum atomic E-state index is 11.6. The highest BCUT2D eigenvalue weighted by molar-refractivity contribution is 5.92. The molecule has 1 saturated heterocycles. The van der Waals surface area contributed by atoms with Crippen LogP contribution in [0.2, 0.25) is 0 Å². The SMILES string of the molecule is CCC(CC)CCC(=O)N1CCOC1=O. The molecule has 0 aromatic carbocycles. The number of hydrogen-bond donors (Lipinski definition) is 0. The van der Waals surface area contributed by atoms with Gasteiger partial charge in [0.15, 0.2) is 0 Å². The molecule has 1 aliphatic heterocycles. The van der Waals surface area contributed by atoms with E-state index in [1.807, 2.05) is 0 Å². The van der Waals surface area contributed by atoms with Gasteiger partial charge in [-0.1, -0.05) is 26.7 Å². The third-order valence-electron chi connectivity index (χ3n) is 2.98. The monoisotopic (exact) mass is 213 g/mol. The van der Waals surface area contributed by atoms with E-state index in [2.05, 4.69) is 13.8 Å². The second-order valence-corrected chi connectivity index (χ2v) is 3.88. The van der Waals surface area contributed by atoms with E-state index in [1.165, 1.54) is 4.90 Å². The smallest absolute Gasteiger partial charge is 0.416 e. The van der Waals surface area contributed by atoms with Crippen molar-refractivity contribution in [3.05, 3.63) is 0 Å². The van der Waals surface area contributed by atoms with Gasteiger partial charge in [0.1, 0.15) is 6.61 Å². The standard InChI is InChI=1S/C11H19NO3/c1-3-9(4-2)5-6-10(13)12-7-8-15-11(12)14/h9H,3-8H2,1-2H3. The molecule has 15 heavy (non-hydrogen) atoms. The summed E-state index contributed by atoms with van der Waals surface area (Å²) in [6.07, 6.45) is 3.03. The Balaban J connectivity index is 2.32. The van der Waals surface area contributed by atoms with Gasteiger partial charge in [-0.15, -0.1) is 0 Å². The van der Waals surface area contributed by atoms with Crippen LogP contribution in [0.1, 0.15) is 39.5 Å². The molecule has 0 bridgehead atoms. The summed E-state index contributed by atoms with van der Waals surface area (Å²) < 4.78 is 4.71. The molecule has 1 aliphatic rings. The van der Waals surface area contributed by atoms with E-state index in [0.717, 1.165) is 19.3 Å². The summed E-state index contributed by atoms with van der Waals surface area (Å²) in [6, 6.07) is 0. The number of ether oxygens (including phenoxy) is 1.